The largest absolute Gasteiger partial charge is 0.422 e. The summed E-state index contributed by atoms with van der Waals surface area (Å²) < 4.78 is 5.52. The van der Waals surface area contributed by atoms with Crippen molar-refractivity contribution in [1.29, 1.82) is 5.26 Å². The van der Waals surface area contributed by atoms with Crippen molar-refractivity contribution in [2.24, 2.45) is 0 Å². The Balaban J connectivity index is 1.61. The molecular formula is C30H33NO2. The fourth-order valence-corrected chi connectivity index (χ4v) is 3.95. The Bertz CT molecular complexity index is 1080. The van der Waals surface area contributed by atoms with E-state index in [1.807, 2.05) is 18.2 Å². The van der Waals surface area contributed by atoms with Crippen molar-refractivity contribution in [3.8, 4) is 22.9 Å². The number of aryl methyl sites for hydroxylation is 2. The van der Waals surface area contributed by atoms with Gasteiger partial charge in [-0.25, -0.2) is 4.79 Å². The zero-order valence-electron chi connectivity index (χ0n) is 19.8. The molecule has 0 spiro atoms. The van der Waals surface area contributed by atoms with Gasteiger partial charge in [0, 0.05) is 0 Å². The molecule has 3 rings (SSSR count). The first-order chi connectivity index (χ1) is 16.1. The standard InChI is InChI=1S/C30H33NO2/c1-3-5-6-7-8-10-23-11-14-25(15-12-23)26-16-18-27(19-17-26)30(32)33-29-20-13-24(9-4-2)21-28(29)22-31/h11-21H,3-10H2,1-2H3. The quantitative estimate of drug-likeness (QED) is 0.173. The second-order valence-corrected chi connectivity index (χ2v) is 8.52. The second kappa shape index (κ2) is 12.6. The van der Waals surface area contributed by atoms with Crippen molar-refractivity contribution in [2.45, 2.75) is 65.2 Å². The fraction of sp³-hybridized carbons (Fsp3) is 0.333. The minimum Gasteiger partial charge on any atom is -0.422 e. The van der Waals surface area contributed by atoms with Gasteiger partial charge in [-0.05, 0) is 65.8 Å². The molecule has 0 fully saturated rings. The summed E-state index contributed by atoms with van der Waals surface area (Å²) in [6.07, 6.45) is 9.48. The first-order valence-electron chi connectivity index (χ1n) is 12.1. The summed E-state index contributed by atoms with van der Waals surface area (Å²) >= 11 is 0. The molecule has 0 N–H and O–H groups in total. The number of unbranched alkanes of at least 4 members (excludes halogenated alkanes) is 4. The lowest BCUT2D eigenvalue weighted by atomic mass is 10.00. The van der Waals surface area contributed by atoms with E-state index in [9.17, 15) is 10.1 Å². The Morgan fingerprint density at radius 2 is 1.39 bits per heavy atom. The smallest absolute Gasteiger partial charge is 0.343 e. The SMILES string of the molecule is CCCCCCCc1ccc(-c2ccc(C(=O)Oc3ccc(CCC)cc3C#N)cc2)cc1. The van der Waals surface area contributed by atoms with Gasteiger partial charge in [0.2, 0.25) is 0 Å². The first kappa shape index (κ1) is 24.3. The van der Waals surface area contributed by atoms with Gasteiger partial charge < -0.3 is 4.74 Å². The van der Waals surface area contributed by atoms with Gasteiger partial charge in [0.05, 0.1) is 11.1 Å². The van der Waals surface area contributed by atoms with Crippen LogP contribution in [-0.2, 0) is 12.8 Å². The van der Waals surface area contributed by atoms with Gasteiger partial charge in [0.25, 0.3) is 0 Å². The van der Waals surface area contributed by atoms with Crippen molar-refractivity contribution in [3.05, 3.63) is 89.0 Å². The summed E-state index contributed by atoms with van der Waals surface area (Å²) in [4.78, 5) is 12.6. The minimum atomic E-state index is -0.459. The number of esters is 1. The highest BCUT2D eigenvalue weighted by atomic mass is 16.5. The topological polar surface area (TPSA) is 50.1 Å². The molecule has 3 heteroatoms. The third kappa shape index (κ3) is 7.05. The van der Waals surface area contributed by atoms with Gasteiger partial charge in [0.15, 0.2) is 0 Å². The van der Waals surface area contributed by atoms with Crippen molar-refractivity contribution in [1.82, 2.24) is 0 Å². The molecule has 0 saturated carbocycles. The van der Waals surface area contributed by atoms with Gasteiger partial charge in [-0.1, -0.05) is 88.4 Å². The summed E-state index contributed by atoms with van der Waals surface area (Å²) in [6, 6.07) is 23.6. The lowest BCUT2D eigenvalue weighted by Crippen LogP contribution is -2.09. The number of carbonyl (C=O) groups excluding carboxylic acids is 1. The van der Waals surface area contributed by atoms with Crippen molar-refractivity contribution >= 4 is 5.97 Å². The molecule has 0 saturated heterocycles. The molecule has 0 aliphatic carbocycles. The van der Waals surface area contributed by atoms with Crippen LogP contribution in [0.1, 0.15) is 79.4 Å². The maximum absolute atomic E-state index is 12.6. The Morgan fingerprint density at radius 1 is 0.758 bits per heavy atom. The van der Waals surface area contributed by atoms with E-state index in [0.29, 0.717) is 16.9 Å². The van der Waals surface area contributed by atoms with Crippen LogP contribution in [-0.4, -0.2) is 5.97 Å². The lowest BCUT2D eigenvalue weighted by Gasteiger charge is -2.09. The van der Waals surface area contributed by atoms with Crippen LogP contribution < -0.4 is 4.74 Å². The maximum atomic E-state index is 12.6. The molecule has 0 aliphatic rings. The zero-order valence-corrected chi connectivity index (χ0v) is 19.8. The highest BCUT2D eigenvalue weighted by molar-refractivity contribution is 5.92. The number of rotatable bonds is 11. The minimum absolute atomic E-state index is 0.303. The summed E-state index contributed by atoms with van der Waals surface area (Å²) in [5.74, 6) is -0.156. The number of carbonyl (C=O) groups is 1. The predicted octanol–water partition coefficient (Wildman–Crippen LogP) is 7.91. The van der Waals surface area contributed by atoms with Crippen molar-refractivity contribution in [2.75, 3.05) is 0 Å². The molecule has 33 heavy (non-hydrogen) atoms. The Labute approximate surface area is 198 Å². The van der Waals surface area contributed by atoms with E-state index >= 15 is 0 Å². The van der Waals surface area contributed by atoms with E-state index in [-0.39, 0.29) is 0 Å². The molecule has 0 amide bonds. The van der Waals surface area contributed by atoms with Crippen LogP contribution in [0.5, 0.6) is 5.75 Å². The van der Waals surface area contributed by atoms with Crippen LogP contribution in [0.3, 0.4) is 0 Å². The van der Waals surface area contributed by atoms with Crippen molar-refractivity contribution in [3.63, 3.8) is 0 Å². The number of hydrogen-bond acceptors (Lipinski definition) is 3. The molecule has 170 valence electrons. The molecule has 0 aliphatic heterocycles. The van der Waals surface area contributed by atoms with Gasteiger partial charge in [-0.15, -0.1) is 0 Å². The molecule has 3 aromatic carbocycles. The zero-order chi connectivity index (χ0) is 23.5. The predicted molar refractivity (Wildman–Crippen MR) is 134 cm³/mol. The third-order valence-corrected chi connectivity index (χ3v) is 5.88. The average molecular weight is 440 g/mol. The Kier molecular flexibility index (Phi) is 9.27. The maximum Gasteiger partial charge on any atom is 0.343 e. The summed E-state index contributed by atoms with van der Waals surface area (Å²) in [6.45, 7) is 4.33. The molecular weight excluding hydrogens is 406 g/mol. The first-order valence-corrected chi connectivity index (χ1v) is 12.1. The molecule has 0 heterocycles. The van der Waals surface area contributed by atoms with Crippen molar-refractivity contribution < 1.29 is 9.53 Å². The number of nitriles is 1. The second-order valence-electron chi connectivity index (χ2n) is 8.52. The number of nitrogens with zero attached hydrogens (tertiary/aromatic N) is 1. The van der Waals surface area contributed by atoms with Crippen LogP contribution in [0.2, 0.25) is 0 Å². The van der Waals surface area contributed by atoms with E-state index in [0.717, 1.165) is 36.0 Å². The molecule has 0 aromatic heterocycles. The number of hydrogen-bond donors (Lipinski definition) is 0. The van der Waals surface area contributed by atoms with Crippen LogP contribution in [0, 0.1) is 11.3 Å². The molecule has 0 radical (unpaired) electrons. The number of benzene rings is 3. The van der Waals surface area contributed by atoms with Crippen LogP contribution in [0.15, 0.2) is 66.7 Å². The van der Waals surface area contributed by atoms with E-state index < -0.39 is 5.97 Å². The van der Waals surface area contributed by atoms with Gasteiger partial charge in [-0.2, -0.15) is 5.26 Å². The third-order valence-electron chi connectivity index (χ3n) is 5.88. The van der Waals surface area contributed by atoms with Crippen LogP contribution >= 0.6 is 0 Å². The molecule has 0 atom stereocenters. The van der Waals surface area contributed by atoms with E-state index in [1.54, 1.807) is 24.3 Å². The summed E-state index contributed by atoms with van der Waals surface area (Å²) in [7, 11) is 0. The van der Waals surface area contributed by atoms with Gasteiger partial charge in [-0.3, -0.25) is 0 Å². The molecule has 0 bridgehead atoms. The summed E-state index contributed by atoms with van der Waals surface area (Å²) in [5.41, 5.74) is 5.47. The molecule has 3 aromatic rings. The monoisotopic (exact) mass is 439 g/mol. The van der Waals surface area contributed by atoms with Crippen LogP contribution in [0.4, 0.5) is 0 Å². The molecule has 0 unspecified atom stereocenters. The van der Waals surface area contributed by atoms with Gasteiger partial charge in [0.1, 0.15) is 11.8 Å². The van der Waals surface area contributed by atoms with E-state index in [1.165, 1.54) is 37.7 Å². The fourth-order valence-electron chi connectivity index (χ4n) is 3.95. The van der Waals surface area contributed by atoms with E-state index in [4.69, 9.17) is 4.74 Å². The number of ether oxygens (including phenoxy) is 1. The molecule has 3 nitrogen and oxygen atoms in total. The van der Waals surface area contributed by atoms with E-state index in [2.05, 4.69) is 44.2 Å². The average Bonchev–Trinajstić information content (AvgIpc) is 2.85. The van der Waals surface area contributed by atoms with Gasteiger partial charge >= 0.3 is 5.97 Å². The summed E-state index contributed by atoms with van der Waals surface area (Å²) in [5, 5.41) is 9.42. The Morgan fingerprint density at radius 3 is 2.03 bits per heavy atom. The normalized spacial score (nSPS) is 10.6. The highest BCUT2D eigenvalue weighted by Crippen LogP contribution is 2.24. The Hall–Kier alpha value is -3.38. The van der Waals surface area contributed by atoms with Crippen LogP contribution in [0.25, 0.3) is 11.1 Å². The highest BCUT2D eigenvalue weighted by Gasteiger charge is 2.13. The lowest BCUT2D eigenvalue weighted by molar-refractivity contribution is 0.0734.